The van der Waals surface area contributed by atoms with Gasteiger partial charge in [0.2, 0.25) is 0 Å². The molecule has 0 aromatic heterocycles. The van der Waals surface area contributed by atoms with Gasteiger partial charge in [-0.2, -0.15) is 0 Å². The summed E-state index contributed by atoms with van der Waals surface area (Å²) in [4.78, 5) is 2.38. The number of hydrogen-bond acceptors (Lipinski definition) is 1. The molecule has 312 valence electrons. The van der Waals surface area contributed by atoms with Crippen LogP contribution in [0.4, 0.5) is 17.1 Å². The van der Waals surface area contributed by atoms with Gasteiger partial charge in [0.25, 0.3) is 0 Å². The minimum atomic E-state index is -0.424. The van der Waals surface area contributed by atoms with Crippen LogP contribution in [0.5, 0.6) is 0 Å². The molecule has 1 heteroatoms. The van der Waals surface area contributed by atoms with Crippen LogP contribution < -0.4 is 4.90 Å². The van der Waals surface area contributed by atoms with E-state index in [2.05, 4.69) is 272 Å². The number of nitrogens with zero attached hydrogens (tertiary/aromatic N) is 1. The topological polar surface area (TPSA) is 3.24 Å². The summed E-state index contributed by atoms with van der Waals surface area (Å²) < 4.78 is 0. The maximum Gasteiger partial charge on any atom is 0.0535 e. The Balaban J connectivity index is 1.09. The third kappa shape index (κ3) is 6.55. The Kier molecular flexibility index (Phi) is 9.95. The Morgan fingerprint density at radius 2 is 0.788 bits per heavy atom. The van der Waals surface area contributed by atoms with Crippen LogP contribution in [-0.4, -0.2) is 0 Å². The van der Waals surface area contributed by atoms with Crippen molar-refractivity contribution < 1.29 is 0 Å². The SMILES string of the molecule is C1=CCC(C2(c3ccccc3)c3ccccc3-c3c(-c4ccc(N(c5ccc(-c6ccccc6)cc5)c5ccc(-c6ccccc6)cc5)cc4)c(-c4ccccc4)c4ccccc4c32)C=C1. The highest BCUT2D eigenvalue weighted by atomic mass is 15.1. The highest BCUT2D eigenvalue weighted by Crippen LogP contribution is 2.63. The van der Waals surface area contributed by atoms with E-state index in [0.717, 1.165) is 23.5 Å². The van der Waals surface area contributed by atoms with E-state index < -0.39 is 5.41 Å². The van der Waals surface area contributed by atoms with Gasteiger partial charge in [0.1, 0.15) is 0 Å². The molecule has 10 aromatic carbocycles. The van der Waals surface area contributed by atoms with E-state index in [9.17, 15) is 0 Å². The normalized spacial score (nSPS) is 15.9. The van der Waals surface area contributed by atoms with Crippen LogP contribution in [-0.2, 0) is 5.41 Å². The molecule has 0 N–H and O–H groups in total. The Morgan fingerprint density at radius 1 is 0.348 bits per heavy atom. The summed E-state index contributed by atoms with van der Waals surface area (Å²) in [5, 5.41) is 2.57. The Morgan fingerprint density at radius 3 is 1.33 bits per heavy atom. The molecule has 0 bridgehead atoms. The van der Waals surface area contributed by atoms with Crippen molar-refractivity contribution in [2.45, 2.75) is 11.8 Å². The third-order valence-electron chi connectivity index (χ3n) is 13.9. The van der Waals surface area contributed by atoms with Crippen molar-refractivity contribution in [3.8, 4) is 55.6 Å². The van der Waals surface area contributed by atoms with E-state index in [-0.39, 0.29) is 5.92 Å². The van der Waals surface area contributed by atoms with Gasteiger partial charge < -0.3 is 4.90 Å². The second-order valence-corrected chi connectivity index (χ2v) is 17.5. The lowest BCUT2D eigenvalue weighted by molar-refractivity contribution is 0.460. The first-order valence-electron chi connectivity index (χ1n) is 23.1. The van der Waals surface area contributed by atoms with E-state index in [4.69, 9.17) is 0 Å². The monoisotopic (exact) mass is 841 g/mol. The van der Waals surface area contributed by atoms with Crippen molar-refractivity contribution in [3.05, 3.63) is 284 Å². The number of hydrogen-bond donors (Lipinski definition) is 0. The maximum atomic E-state index is 2.46. The highest BCUT2D eigenvalue weighted by molar-refractivity contribution is 6.15. The number of allylic oxidation sites excluding steroid dienone is 4. The van der Waals surface area contributed by atoms with Crippen molar-refractivity contribution in [2.75, 3.05) is 4.90 Å². The molecule has 0 saturated carbocycles. The minimum absolute atomic E-state index is 0.212. The highest BCUT2D eigenvalue weighted by Gasteiger charge is 2.51. The van der Waals surface area contributed by atoms with E-state index in [1.807, 2.05) is 0 Å². The molecule has 12 rings (SSSR count). The molecular formula is C65H47N. The van der Waals surface area contributed by atoms with Gasteiger partial charge >= 0.3 is 0 Å². The predicted octanol–water partition coefficient (Wildman–Crippen LogP) is 17.4. The molecule has 2 aliphatic carbocycles. The average Bonchev–Trinajstić information content (AvgIpc) is 3.72. The minimum Gasteiger partial charge on any atom is -0.311 e. The van der Waals surface area contributed by atoms with Gasteiger partial charge in [-0.1, -0.05) is 231 Å². The molecule has 2 aliphatic rings. The summed E-state index contributed by atoms with van der Waals surface area (Å²) in [6.07, 6.45) is 10.2. The molecule has 1 nitrogen and oxygen atoms in total. The number of benzene rings is 10. The summed E-state index contributed by atoms with van der Waals surface area (Å²) in [6, 6.07) is 89.4. The molecule has 0 amide bonds. The quantitative estimate of drug-likeness (QED) is 0.140. The summed E-state index contributed by atoms with van der Waals surface area (Å²) in [5.74, 6) is 0.212. The zero-order valence-corrected chi connectivity index (χ0v) is 36.6. The van der Waals surface area contributed by atoms with E-state index in [1.165, 1.54) is 83.1 Å². The smallest absolute Gasteiger partial charge is 0.0535 e. The summed E-state index contributed by atoms with van der Waals surface area (Å²) >= 11 is 0. The second-order valence-electron chi connectivity index (χ2n) is 17.5. The van der Waals surface area contributed by atoms with Crippen molar-refractivity contribution in [1.82, 2.24) is 0 Å². The Hall–Kier alpha value is -8.26. The van der Waals surface area contributed by atoms with Gasteiger partial charge in [0, 0.05) is 17.1 Å². The fourth-order valence-electron chi connectivity index (χ4n) is 11.1. The van der Waals surface area contributed by atoms with Crippen LogP contribution in [0.15, 0.2) is 267 Å². The second kappa shape index (κ2) is 16.7. The predicted molar refractivity (Wildman–Crippen MR) is 279 cm³/mol. The zero-order valence-electron chi connectivity index (χ0n) is 36.6. The molecule has 0 fully saturated rings. The van der Waals surface area contributed by atoms with Gasteiger partial charge in [0.05, 0.1) is 5.41 Å². The number of fused-ring (bicyclic) bond motifs is 5. The van der Waals surface area contributed by atoms with Crippen LogP contribution in [0.3, 0.4) is 0 Å². The fourth-order valence-corrected chi connectivity index (χ4v) is 11.1. The molecule has 0 saturated heterocycles. The average molecular weight is 842 g/mol. The first kappa shape index (κ1) is 39.3. The first-order valence-corrected chi connectivity index (χ1v) is 23.1. The number of rotatable bonds is 9. The van der Waals surface area contributed by atoms with Crippen LogP contribution in [0, 0.1) is 5.92 Å². The zero-order chi connectivity index (χ0) is 43.9. The molecule has 10 aromatic rings. The molecule has 2 atom stereocenters. The maximum absolute atomic E-state index is 2.46. The summed E-state index contributed by atoms with van der Waals surface area (Å²) in [5.41, 5.74) is 19.3. The van der Waals surface area contributed by atoms with Crippen LogP contribution in [0.1, 0.15) is 23.1 Å². The Labute approximate surface area is 387 Å². The summed E-state index contributed by atoms with van der Waals surface area (Å²) in [6.45, 7) is 0. The van der Waals surface area contributed by atoms with E-state index >= 15 is 0 Å². The fraction of sp³-hybridized carbons (Fsp3) is 0.0462. The van der Waals surface area contributed by atoms with Crippen molar-refractivity contribution in [3.63, 3.8) is 0 Å². The van der Waals surface area contributed by atoms with Gasteiger partial charge in [-0.3, -0.25) is 0 Å². The van der Waals surface area contributed by atoms with Gasteiger partial charge in [-0.15, -0.1) is 0 Å². The summed E-state index contributed by atoms with van der Waals surface area (Å²) in [7, 11) is 0. The lowest BCUT2D eigenvalue weighted by atomic mass is 9.61. The van der Waals surface area contributed by atoms with Crippen LogP contribution in [0.25, 0.3) is 66.4 Å². The molecular weight excluding hydrogens is 795 g/mol. The van der Waals surface area contributed by atoms with Crippen molar-refractivity contribution >= 4 is 27.8 Å². The van der Waals surface area contributed by atoms with Crippen molar-refractivity contribution in [2.24, 2.45) is 5.92 Å². The van der Waals surface area contributed by atoms with Crippen LogP contribution in [0.2, 0.25) is 0 Å². The first-order chi connectivity index (χ1) is 32.8. The van der Waals surface area contributed by atoms with Gasteiger partial charge in [-0.05, 0) is 132 Å². The standard InChI is InChI=1S/C65H47N/c1-6-20-46(21-7-1)48-34-40-54(41-35-48)66(55-42-36-49(37-43-55)47-22-8-2-9-23-47)56-44-38-51(39-45-56)62-61(50-24-10-3-11-25-50)57-30-16-17-31-58(57)64-63(62)59-32-18-19-33-60(59)65(64,52-26-12-4-13-27-52)53-28-14-5-15-29-53/h1-28,30-45,53H,29H2. The lowest BCUT2D eigenvalue weighted by Crippen LogP contribution is -2.35. The van der Waals surface area contributed by atoms with Gasteiger partial charge in [0.15, 0.2) is 0 Å². The largest absolute Gasteiger partial charge is 0.311 e. The van der Waals surface area contributed by atoms with Crippen LogP contribution >= 0.6 is 0 Å². The molecule has 66 heavy (non-hydrogen) atoms. The number of anilines is 3. The lowest BCUT2D eigenvalue weighted by Gasteiger charge is -2.40. The third-order valence-corrected chi connectivity index (χ3v) is 13.9. The molecule has 2 unspecified atom stereocenters. The van der Waals surface area contributed by atoms with Gasteiger partial charge in [-0.25, -0.2) is 0 Å². The molecule has 0 heterocycles. The Bertz CT molecular complexity index is 3310. The molecule has 0 radical (unpaired) electrons. The van der Waals surface area contributed by atoms with Crippen molar-refractivity contribution in [1.29, 1.82) is 0 Å². The van der Waals surface area contributed by atoms with E-state index in [1.54, 1.807) is 0 Å². The molecule has 0 spiro atoms. The van der Waals surface area contributed by atoms with E-state index in [0.29, 0.717) is 0 Å². The molecule has 0 aliphatic heterocycles.